The van der Waals surface area contributed by atoms with Crippen LogP contribution in [0.5, 0.6) is 0 Å². The van der Waals surface area contributed by atoms with Crippen LogP contribution in [0.25, 0.3) is 0 Å². The van der Waals surface area contributed by atoms with Gasteiger partial charge in [0.2, 0.25) is 0 Å². The molecular weight excluding hydrogens is 278 g/mol. The molecule has 2 rings (SSSR count). The summed E-state index contributed by atoms with van der Waals surface area (Å²) < 4.78 is 2.00. The highest BCUT2D eigenvalue weighted by Gasteiger charge is 2.21. The van der Waals surface area contributed by atoms with E-state index in [-0.39, 0.29) is 0 Å². The van der Waals surface area contributed by atoms with E-state index in [4.69, 9.17) is 11.6 Å². The summed E-state index contributed by atoms with van der Waals surface area (Å²) in [6.45, 7) is 2.97. The first-order chi connectivity index (χ1) is 9.26. The van der Waals surface area contributed by atoms with Gasteiger partial charge in [0.1, 0.15) is 0 Å². The Balaban J connectivity index is 1.97. The number of thioether (sulfide) groups is 1. The predicted octanol–water partition coefficient (Wildman–Crippen LogP) is 3.88. The first-order valence-electron chi connectivity index (χ1n) is 7.26. The van der Waals surface area contributed by atoms with Crippen molar-refractivity contribution in [1.29, 1.82) is 0 Å². The van der Waals surface area contributed by atoms with Crippen LogP contribution < -0.4 is 5.32 Å². The molecule has 108 valence electrons. The Kier molecular flexibility index (Phi) is 6.05. The zero-order chi connectivity index (χ0) is 13.7. The third-order valence-electron chi connectivity index (χ3n) is 3.86. The second-order valence-corrected chi connectivity index (χ2v) is 6.87. The second kappa shape index (κ2) is 7.55. The lowest BCUT2D eigenvalue weighted by atomic mass is 10.0. The van der Waals surface area contributed by atoms with Crippen molar-refractivity contribution < 1.29 is 0 Å². The molecule has 1 aromatic heterocycles. The molecule has 0 saturated heterocycles. The molecule has 1 saturated carbocycles. The van der Waals surface area contributed by atoms with Gasteiger partial charge in [-0.25, -0.2) is 0 Å². The molecule has 0 amide bonds. The van der Waals surface area contributed by atoms with Crippen molar-refractivity contribution in [1.82, 2.24) is 15.1 Å². The Bertz CT molecular complexity index is 388. The quantitative estimate of drug-likeness (QED) is 0.864. The first kappa shape index (κ1) is 15.2. The van der Waals surface area contributed by atoms with Crippen LogP contribution in [-0.2, 0) is 6.54 Å². The van der Waals surface area contributed by atoms with Gasteiger partial charge in [-0.2, -0.15) is 16.9 Å². The topological polar surface area (TPSA) is 29.9 Å². The summed E-state index contributed by atoms with van der Waals surface area (Å²) in [6, 6.07) is 0.293. The van der Waals surface area contributed by atoms with E-state index in [1.54, 1.807) is 6.20 Å². The van der Waals surface area contributed by atoms with Crippen LogP contribution >= 0.6 is 23.4 Å². The number of halogens is 1. The number of hydrogen-bond donors (Lipinski definition) is 1. The minimum atomic E-state index is 0.293. The summed E-state index contributed by atoms with van der Waals surface area (Å²) in [7, 11) is 2.01. The van der Waals surface area contributed by atoms with Gasteiger partial charge in [0, 0.05) is 17.5 Å². The first-order valence-corrected chi connectivity index (χ1v) is 8.69. The fourth-order valence-corrected chi connectivity index (χ4v) is 4.46. The van der Waals surface area contributed by atoms with Crippen molar-refractivity contribution in [3.63, 3.8) is 0 Å². The molecule has 5 heteroatoms. The molecule has 1 heterocycles. The molecular formula is C14H24ClN3S. The van der Waals surface area contributed by atoms with Gasteiger partial charge in [-0.15, -0.1) is 0 Å². The maximum Gasteiger partial charge on any atom is 0.0834 e. The fraction of sp³-hybridized carbons (Fsp3) is 0.786. The van der Waals surface area contributed by atoms with Crippen molar-refractivity contribution >= 4 is 23.4 Å². The Morgan fingerprint density at radius 1 is 1.47 bits per heavy atom. The standard InChI is InChI=1S/C14H24ClN3S/c1-3-18-14(12(15)9-17-18)13(16-2)10-19-11-7-5-4-6-8-11/h9,11,13,16H,3-8,10H2,1-2H3. The summed E-state index contributed by atoms with van der Waals surface area (Å²) in [5, 5.41) is 9.34. The van der Waals surface area contributed by atoms with E-state index in [1.807, 2.05) is 11.7 Å². The third-order valence-corrected chi connectivity index (χ3v) is 5.62. The third kappa shape index (κ3) is 3.89. The Morgan fingerprint density at radius 2 is 2.21 bits per heavy atom. The molecule has 1 aliphatic rings. The molecule has 0 spiro atoms. The maximum absolute atomic E-state index is 6.29. The van der Waals surface area contributed by atoms with Crippen LogP contribution in [0, 0.1) is 0 Å². The summed E-state index contributed by atoms with van der Waals surface area (Å²) in [5.74, 6) is 1.08. The maximum atomic E-state index is 6.29. The van der Waals surface area contributed by atoms with Crippen LogP contribution in [0.3, 0.4) is 0 Å². The van der Waals surface area contributed by atoms with E-state index in [9.17, 15) is 0 Å². The Morgan fingerprint density at radius 3 is 2.84 bits per heavy atom. The van der Waals surface area contributed by atoms with Crippen LogP contribution in [0.2, 0.25) is 5.02 Å². The molecule has 0 aliphatic heterocycles. The van der Waals surface area contributed by atoms with E-state index in [0.29, 0.717) is 6.04 Å². The highest BCUT2D eigenvalue weighted by atomic mass is 35.5. The number of aryl methyl sites for hydroxylation is 1. The van der Waals surface area contributed by atoms with Gasteiger partial charge in [-0.1, -0.05) is 30.9 Å². The smallest absolute Gasteiger partial charge is 0.0834 e. The van der Waals surface area contributed by atoms with Gasteiger partial charge < -0.3 is 5.32 Å². The molecule has 1 N–H and O–H groups in total. The summed E-state index contributed by atoms with van der Waals surface area (Å²) in [5.41, 5.74) is 1.13. The number of rotatable bonds is 6. The van der Waals surface area contributed by atoms with Crippen molar-refractivity contribution in [3.8, 4) is 0 Å². The van der Waals surface area contributed by atoms with E-state index < -0.39 is 0 Å². The molecule has 1 atom stereocenters. The van der Waals surface area contributed by atoms with Crippen LogP contribution in [0.1, 0.15) is 50.8 Å². The Labute approximate surface area is 125 Å². The summed E-state index contributed by atoms with van der Waals surface area (Å²) in [6.07, 6.45) is 8.73. The zero-order valence-corrected chi connectivity index (χ0v) is 13.4. The van der Waals surface area contributed by atoms with Gasteiger partial charge in [0.15, 0.2) is 0 Å². The molecule has 0 aromatic carbocycles. The van der Waals surface area contributed by atoms with Gasteiger partial charge >= 0.3 is 0 Å². The fourth-order valence-electron chi connectivity index (χ4n) is 2.73. The number of aromatic nitrogens is 2. The highest BCUT2D eigenvalue weighted by molar-refractivity contribution is 7.99. The molecule has 1 fully saturated rings. The summed E-state index contributed by atoms with van der Waals surface area (Å²) in [4.78, 5) is 0. The molecule has 1 aliphatic carbocycles. The molecule has 1 unspecified atom stereocenters. The number of hydrogen-bond acceptors (Lipinski definition) is 3. The molecule has 0 bridgehead atoms. The van der Waals surface area contributed by atoms with Gasteiger partial charge in [0.05, 0.1) is 23.0 Å². The van der Waals surface area contributed by atoms with Gasteiger partial charge in [0.25, 0.3) is 0 Å². The van der Waals surface area contributed by atoms with Crippen molar-refractivity contribution in [3.05, 3.63) is 16.9 Å². The zero-order valence-electron chi connectivity index (χ0n) is 11.9. The molecule has 0 radical (unpaired) electrons. The average Bonchev–Trinajstić information content (AvgIpc) is 2.82. The second-order valence-electron chi connectivity index (χ2n) is 5.13. The largest absolute Gasteiger partial charge is 0.311 e. The van der Waals surface area contributed by atoms with Gasteiger partial charge in [-0.05, 0) is 26.8 Å². The van der Waals surface area contributed by atoms with E-state index in [0.717, 1.165) is 28.3 Å². The van der Waals surface area contributed by atoms with Gasteiger partial charge in [-0.3, -0.25) is 4.68 Å². The highest BCUT2D eigenvalue weighted by Crippen LogP contribution is 2.32. The predicted molar refractivity (Wildman–Crippen MR) is 84.0 cm³/mol. The lowest BCUT2D eigenvalue weighted by molar-refractivity contribution is 0.512. The number of nitrogens with one attached hydrogen (secondary N) is 1. The number of nitrogens with zero attached hydrogens (tertiary/aromatic N) is 2. The van der Waals surface area contributed by atoms with Crippen molar-refractivity contribution in [2.45, 2.75) is 56.9 Å². The lowest BCUT2D eigenvalue weighted by Crippen LogP contribution is -2.24. The van der Waals surface area contributed by atoms with E-state index in [1.165, 1.54) is 32.1 Å². The molecule has 1 aromatic rings. The van der Waals surface area contributed by atoms with Crippen molar-refractivity contribution in [2.24, 2.45) is 0 Å². The summed E-state index contributed by atoms with van der Waals surface area (Å²) >= 11 is 8.38. The normalized spacial score (nSPS) is 18.7. The SMILES string of the molecule is CCn1ncc(Cl)c1C(CSC1CCCCC1)NC. The van der Waals surface area contributed by atoms with Crippen LogP contribution in [0.4, 0.5) is 0 Å². The van der Waals surface area contributed by atoms with Crippen molar-refractivity contribution in [2.75, 3.05) is 12.8 Å². The molecule has 19 heavy (non-hydrogen) atoms. The minimum absolute atomic E-state index is 0.293. The van der Waals surface area contributed by atoms with E-state index >= 15 is 0 Å². The lowest BCUT2D eigenvalue weighted by Gasteiger charge is -2.24. The monoisotopic (exact) mass is 301 g/mol. The van der Waals surface area contributed by atoms with Crippen LogP contribution in [-0.4, -0.2) is 27.8 Å². The van der Waals surface area contributed by atoms with Crippen LogP contribution in [0.15, 0.2) is 6.20 Å². The molecule has 3 nitrogen and oxygen atoms in total. The minimum Gasteiger partial charge on any atom is -0.311 e. The average molecular weight is 302 g/mol. The van der Waals surface area contributed by atoms with E-state index in [2.05, 4.69) is 29.1 Å². The Hall–Kier alpha value is -0.190.